The van der Waals surface area contributed by atoms with Gasteiger partial charge in [0.1, 0.15) is 5.75 Å². The second kappa shape index (κ2) is 8.86. The molecule has 2 heterocycles. The van der Waals surface area contributed by atoms with Crippen molar-refractivity contribution in [3.63, 3.8) is 0 Å². The summed E-state index contributed by atoms with van der Waals surface area (Å²) in [5.41, 5.74) is 4.69. The number of phenols is 1. The van der Waals surface area contributed by atoms with E-state index in [1.165, 1.54) is 35.6 Å². The first-order valence-corrected chi connectivity index (χ1v) is 11.3. The second-order valence-corrected chi connectivity index (χ2v) is 8.70. The number of tetrazole rings is 1. The van der Waals surface area contributed by atoms with Crippen molar-refractivity contribution in [3.8, 4) is 11.4 Å². The molecule has 4 rings (SSSR count). The molecule has 2 aromatic heterocycles. The average molecular weight is 453 g/mol. The molecule has 0 spiro atoms. The molecule has 0 aliphatic rings. The van der Waals surface area contributed by atoms with Crippen molar-refractivity contribution in [3.05, 3.63) is 64.7 Å². The number of thioether (sulfide) groups is 1. The third-order valence-corrected chi connectivity index (χ3v) is 6.51. The summed E-state index contributed by atoms with van der Waals surface area (Å²) in [7, 11) is 0. The van der Waals surface area contributed by atoms with Gasteiger partial charge in [-0.3, -0.25) is 9.69 Å². The van der Waals surface area contributed by atoms with E-state index in [0.29, 0.717) is 16.0 Å². The number of carbonyl (C=O) groups is 1. The van der Waals surface area contributed by atoms with Crippen molar-refractivity contribution in [1.82, 2.24) is 25.2 Å². The van der Waals surface area contributed by atoms with Crippen LogP contribution in [0.5, 0.6) is 5.75 Å². The Kier molecular flexibility index (Phi) is 6.01. The Labute approximate surface area is 187 Å². The van der Waals surface area contributed by atoms with Crippen LogP contribution in [-0.4, -0.2) is 36.2 Å². The fourth-order valence-corrected chi connectivity index (χ4v) is 4.70. The quantitative estimate of drug-likeness (QED) is 0.433. The molecule has 31 heavy (non-hydrogen) atoms. The van der Waals surface area contributed by atoms with E-state index in [9.17, 15) is 9.90 Å². The van der Waals surface area contributed by atoms with E-state index in [4.69, 9.17) is 0 Å². The third kappa shape index (κ3) is 4.59. The maximum atomic E-state index is 12.4. The summed E-state index contributed by atoms with van der Waals surface area (Å²) in [4.78, 5) is 18.7. The van der Waals surface area contributed by atoms with Crippen LogP contribution in [0.3, 0.4) is 0 Å². The molecule has 0 unspecified atom stereocenters. The number of carbonyl (C=O) groups excluding carboxylic acids is 1. The number of aromatic nitrogens is 5. The van der Waals surface area contributed by atoms with Gasteiger partial charge in [0.2, 0.25) is 11.1 Å². The zero-order chi connectivity index (χ0) is 22.0. The lowest BCUT2D eigenvalue weighted by Crippen LogP contribution is -2.22. The summed E-state index contributed by atoms with van der Waals surface area (Å²) in [6.07, 6.45) is 0. The van der Waals surface area contributed by atoms with Crippen molar-refractivity contribution < 1.29 is 9.90 Å². The SMILES string of the molecule is CC(=O)N(c1ccc(C)c(C)c1)c1nc(CSc2nnnn2-c2ccc(O)cc2)cs1. The maximum absolute atomic E-state index is 12.4. The molecule has 10 heteroatoms. The van der Waals surface area contributed by atoms with Gasteiger partial charge in [0.25, 0.3) is 0 Å². The molecule has 0 saturated carbocycles. The topological polar surface area (TPSA) is 97.0 Å². The first-order chi connectivity index (χ1) is 14.9. The van der Waals surface area contributed by atoms with E-state index in [-0.39, 0.29) is 11.7 Å². The zero-order valence-corrected chi connectivity index (χ0v) is 18.8. The predicted molar refractivity (Wildman–Crippen MR) is 121 cm³/mol. The van der Waals surface area contributed by atoms with Gasteiger partial charge in [-0.15, -0.1) is 16.4 Å². The van der Waals surface area contributed by atoms with Crippen LogP contribution in [0.1, 0.15) is 23.7 Å². The smallest absolute Gasteiger partial charge is 0.230 e. The second-order valence-electron chi connectivity index (χ2n) is 6.92. The monoisotopic (exact) mass is 452 g/mol. The summed E-state index contributed by atoms with van der Waals surface area (Å²) >= 11 is 2.87. The van der Waals surface area contributed by atoms with Crippen LogP contribution < -0.4 is 4.90 Å². The molecule has 2 aromatic carbocycles. The molecule has 4 aromatic rings. The number of nitrogens with zero attached hydrogens (tertiary/aromatic N) is 6. The molecular weight excluding hydrogens is 432 g/mol. The molecule has 0 fully saturated rings. The maximum Gasteiger partial charge on any atom is 0.230 e. The van der Waals surface area contributed by atoms with Crippen LogP contribution in [0.2, 0.25) is 0 Å². The molecule has 1 N–H and O–H groups in total. The average Bonchev–Trinajstić information content (AvgIpc) is 3.39. The normalized spacial score (nSPS) is 10.9. The van der Waals surface area contributed by atoms with Gasteiger partial charge in [0, 0.05) is 18.1 Å². The Hall–Kier alpha value is -3.24. The van der Waals surface area contributed by atoms with Gasteiger partial charge in [-0.1, -0.05) is 17.8 Å². The first-order valence-electron chi connectivity index (χ1n) is 9.45. The lowest BCUT2D eigenvalue weighted by molar-refractivity contribution is -0.115. The molecule has 8 nitrogen and oxygen atoms in total. The van der Waals surface area contributed by atoms with E-state index in [2.05, 4.69) is 20.5 Å². The summed E-state index contributed by atoms with van der Waals surface area (Å²) < 4.78 is 1.61. The molecule has 0 aliphatic carbocycles. The highest BCUT2D eigenvalue weighted by Crippen LogP contribution is 2.32. The summed E-state index contributed by atoms with van der Waals surface area (Å²) in [6.45, 7) is 5.61. The van der Waals surface area contributed by atoms with Gasteiger partial charge in [-0.2, -0.15) is 4.68 Å². The Bertz CT molecular complexity index is 1220. The minimum absolute atomic E-state index is 0.0897. The van der Waals surface area contributed by atoms with Gasteiger partial charge in [0.15, 0.2) is 5.13 Å². The van der Waals surface area contributed by atoms with Gasteiger partial charge in [-0.25, -0.2) is 4.98 Å². The Morgan fingerprint density at radius 1 is 1.16 bits per heavy atom. The number of anilines is 2. The molecule has 0 bridgehead atoms. The largest absolute Gasteiger partial charge is 0.508 e. The van der Waals surface area contributed by atoms with Crippen LogP contribution in [0.15, 0.2) is 53.0 Å². The van der Waals surface area contributed by atoms with Gasteiger partial charge < -0.3 is 5.11 Å². The molecule has 0 aliphatic heterocycles. The number of phenolic OH excluding ortho intramolecular Hbond substituents is 1. The predicted octanol–water partition coefficient (Wildman–Crippen LogP) is 4.42. The fraction of sp³-hybridized carbons (Fsp3) is 0.190. The van der Waals surface area contributed by atoms with Crippen LogP contribution in [0, 0.1) is 13.8 Å². The minimum atomic E-state index is -0.0897. The molecule has 0 saturated heterocycles. The Balaban J connectivity index is 1.52. The van der Waals surface area contributed by atoms with Crippen molar-refractivity contribution >= 4 is 39.8 Å². The van der Waals surface area contributed by atoms with Crippen molar-refractivity contribution in [2.45, 2.75) is 31.7 Å². The van der Waals surface area contributed by atoms with E-state index >= 15 is 0 Å². The minimum Gasteiger partial charge on any atom is -0.508 e. The van der Waals surface area contributed by atoms with E-state index in [0.717, 1.165) is 22.6 Å². The van der Waals surface area contributed by atoms with E-state index in [1.54, 1.807) is 33.8 Å². The zero-order valence-electron chi connectivity index (χ0n) is 17.2. The number of hydrogen-bond donors (Lipinski definition) is 1. The standard InChI is InChI=1S/C21H20N6O2S2/c1-13-4-5-18(10-14(13)2)26(15(3)28)20-22-16(11-30-20)12-31-21-23-24-25-27(21)17-6-8-19(29)9-7-17/h4-11,29H,12H2,1-3H3. The highest BCUT2D eigenvalue weighted by atomic mass is 32.2. The number of amides is 1. The van der Waals surface area contributed by atoms with Gasteiger partial charge in [0.05, 0.1) is 17.1 Å². The molecule has 0 atom stereocenters. The van der Waals surface area contributed by atoms with E-state index < -0.39 is 0 Å². The molecule has 1 amide bonds. The Morgan fingerprint density at radius 3 is 2.65 bits per heavy atom. The summed E-state index contributed by atoms with van der Waals surface area (Å²) in [5, 5.41) is 24.5. The molecular formula is C21H20N6O2S2. The number of hydrogen-bond acceptors (Lipinski definition) is 8. The summed E-state index contributed by atoms with van der Waals surface area (Å²) in [5.74, 6) is 0.640. The van der Waals surface area contributed by atoms with Crippen LogP contribution in [0.4, 0.5) is 10.8 Å². The number of aryl methyl sites for hydroxylation is 2. The van der Waals surface area contributed by atoms with Gasteiger partial charge >= 0.3 is 0 Å². The number of rotatable bonds is 6. The van der Waals surface area contributed by atoms with E-state index in [1.807, 2.05) is 37.4 Å². The van der Waals surface area contributed by atoms with Crippen LogP contribution in [0.25, 0.3) is 5.69 Å². The highest BCUT2D eigenvalue weighted by Gasteiger charge is 2.19. The fourth-order valence-electron chi connectivity index (χ4n) is 2.92. The van der Waals surface area contributed by atoms with Crippen LogP contribution in [-0.2, 0) is 10.5 Å². The summed E-state index contributed by atoms with van der Waals surface area (Å²) in [6, 6.07) is 12.6. The van der Waals surface area contributed by atoms with Gasteiger partial charge in [-0.05, 0) is 71.8 Å². The molecule has 0 radical (unpaired) electrons. The first kappa shape index (κ1) is 21.0. The van der Waals surface area contributed by atoms with Crippen LogP contribution >= 0.6 is 23.1 Å². The van der Waals surface area contributed by atoms with Crippen molar-refractivity contribution in [1.29, 1.82) is 0 Å². The van der Waals surface area contributed by atoms with Crippen molar-refractivity contribution in [2.24, 2.45) is 0 Å². The van der Waals surface area contributed by atoms with Crippen molar-refractivity contribution in [2.75, 3.05) is 4.90 Å². The number of benzene rings is 2. The number of thiazole rings is 1. The number of aromatic hydroxyl groups is 1. The lowest BCUT2D eigenvalue weighted by atomic mass is 10.1. The third-order valence-electron chi connectivity index (χ3n) is 4.68. The highest BCUT2D eigenvalue weighted by molar-refractivity contribution is 7.98. The molecule has 158 valence electrons. The Morgan fingerprint density at radius 2 is 1.94 bits per heavy atom. The lowest BCUT2D eigenvalue weighted by Gasteiger charge is -2.19.